The molecule has 8 heteroatoms. The fraction of sp³-hybridized carbons (Fsp3) is 0.462. The second-order valence-electron chi connectivity index (χ2n) is 5.27. The molecule has 0 spiro atoms. The van der Waals surface area contributed by atoms with E-state index in [1.54, 1.807) is 23.3 Å². The van der Waals surface area contributed by atoms with Crippen molar-refractivity contribution in [3.05, 3.63) is 34.9 Å². The zero-order chi connectivity index (χ0) is 14.9. The summed E-state index contributed by atoms with van der Waals surface area (Å²) < 4.78 is 16.1. The Morgan fingerprint density at radius 2 is 2.14 bits per heavy atom. The number of piperidine rings is 1. The smallest absolute Gasteiger partial charge is 0.166 e. The second-order valence-corrected chi connectivity index (χ2v) is 6.19. The maximum absolute atomic E-state index is 13.9. The third-order valence-electron chi connectivity index (χ3n) is 3.71. The van der Waals surface area contributed by atoms with Gasteiger partial charge in [0.15, 0.2) is 11.6 Å². The first-order valence-electron chi connectivity index (χ1n) is 6.68. The number of nitrogens with zero attached hydrogens (tertiary/aromatic N) is 5. The van der Waals surface area contributed by atoms with Crippen LogP contribution in [-0.2, 0) is 6.54 Å². The highest BCUT2D eigenvalue weighted by atomic mass is 79.9. The van der Waals surface area contributed by atoms with Gasteiger partial charge in [0.1, 0.15) is 0 Å². The summed E-state index contributed by atoms with van der Waals surface area (Å²) in [5.74, 6) is -0.0212. The van der Waals surface area contributed by atoms with Gasteiger partial charge in [-0.05, 0) is 34.8 Å². The van der Waals surface area contributed by atoms with Crippen LogP contribution in [0.4, 0.5) is 10.2 Å². The second kappa shape index (κ2) is 5.69. The Balaban J connectivity index is 1.67. The number of hydrogen-bond acceptors (Lipinski definition) is 5. The molecule has 3 heterocycles. The zero-order valence-corrected chi connectivity index (χ0v) is 12.9. The van der Waals surface area contributed by atoms with Gasteiger partial charge < -0.3 is 10.0 Å². The average Bonchev–Trinajstić information content (AvgIpc) is 2.93. The Hall–Kier alpha value is -1.54. The summed E-state index contributed by atoms with van der Waals surface area (Å²) in [6.07, 6.45) is 5.95. The van der Waals surface area contributed by atoms with Gasteiger partial charge in [-0.3, -0.25) is 0 Å². The topological polar surface area (TPSA) is 67.1 Å². The van der Waals surface area contributed by atoms with Gasteiger partial charge in [-0.1, -0.05) is 5.21 Å². The Morgan fingerprint density at radius 3 is 2.76 bits per heavy atom. The van der Waals surface area contributed by atoms with Crippen LogP contribution in [0.1, 0.15) is 12.8 Å². The lowest BCUT2D eigenvalue weighted by atomic mass is 9.91. The quantitative estimate of drug-likeness (QED) is 0.905. The minimum Gasteiger partial charge on any atom is -0.388 e. The molecule has 0 unspecified atom stereocenters. The van der Waals surface area contributed by atoms with Gasteiger partial charge in [0.05, 0.1) is 18.3 Å². The molecule has 0 atom stereocenters. The lowest BCUT2D eigenvalue weighted by Gasteiger charge is -2.38. The third kappa shape index (κ3) is 3.21. The van der Waals surface area contributed by atoms with Crippen molar-refractivity contribution in [3.63, 3.8) is 0 Å². The zero-order valence-electron chi connectivity index (χ0n) is 11.3. The van der Waals surface area contributed by atoms with Crippen LogP contribution in [0.3, 0.4) is 0 Å². The summed E-state index contributed by atoms with van der Waals surface area (Å²) in [7, 11) is 0. The van der Waals surface area contributed by atoms with Gasteiger partial charge in [0.25, 0.3) is 0 Å². The molecule has 3 rings (SSSR count). The number of rotatable bonds is 3. The molecule has 1 saturated heterocycles. The highest BCUT2D eigenvalue weighted by Crippen LogP contribution is 2.28. The molecule has 2 aromatic heterocycles. The van der Waals surface area contributed by atoms with Gasteiger partial charge >= 0.3 is 0 Å². The average molecular weight is 356 g/mol. The van der Waals surface area contributed by atoms with Crippen molar-refractivity contribution in [1.29, 1.82) is 0 Å². The number of hydrogen-bond donors (Lipinski definition) is 1. The van der Waals surface area contributed by atoms with Crippen molar-refractivity contribution in [2.24, 2.45) is 0 Å². The molecule has 112 valence electrons. The van der Waals surface area contributed by atoms with Crippen molar-refractivity contribution in [3.8, 4) is 0 Å². The summed E-state index contributed by atoms with van der Waals surface area (Å²) >= 11 is 3.19. The van der Waals surface area contributed by atoms with Crippen LogP contribution in [-0.4, -0.2) is 43.8 Å². The monoisotopic (exact) mass is 355 g/mol. The van der Waals surface area contributed by atoms with Crippen LogP contribution >= 0.6 is 15.9 Å². The first kappa shape index (κ1) is 14.4. The maximum atomic E-state index is 13.9. The number of pyridine rings is 1. The molecule has 0 saturated carbocycles. The van der Waals surface area contributed by atoms with E-state index in [9.17, 15) is 9.50 Å². The molecular formula is C13H15BrFN5O. The van der Waals surface area contributed by atoms with E-state index in [2.05, 4.69) is 31.2 Å². The molecule has 1 fully saturated rings. The van der Waals surface area contributed by atoms with Gasteiger partial charge in [-0.2, -0.15) is 0 Å². The molecule has 2 aromatic rings. The van der Waals surface area contributed by atoms with E-state index in [1.165, 1.54) is 6.07 Å². The lowest BCUT2D eigenvalue weighted by Crippen LogP contribution is -2.47. The van der Waals surface area contributed by atoms with Crippen LogP contribution in [0.15, 0.2) is 29.1 Å². The lowest BCUT2D eigenvalue weighted by molar-refractivity contribution is -0.00365. The molecule has 1 aliphatic rings. The first-order chi connectivity index (χ1) is 10.1. The molecule has 0 amide bonds. The molecule has 21 heavy (non-hydrogen) atoms. The van der Waals surface area contributed by atoms with Gasteiger partial charge in [-0.15, -0.1) is 5.10 Å². The minimum absolute atomic E-state index is 0.334. The van der Waals surface area contributed by atoms with Crippen LogP contribution in [0, 0.1) is 5.82 Å². The standard InChI is InChI=1S/C13H15BrFN5O/c14-10-7-11(15)12(16-8-10)19-4-1-13(21,2-5-19)9-20-6-3-17-18-20/h3,6-8,21H,1-2,4-5,9H2. The number of halogens is 2. The van der Waals surface area contributed by atoms with Crippen LogP contribution in [0.5, 0.6) is 0 Å². The molecular weight excluding hydrogens is 341 g/mol. The van der Waals surface area contributed by atoms with Crippen molar-refractivity contribution in [2.45, 2.75) is 25.0 Å². The van der Waals surface area contributed by atoms with E-state index >= 15 is 0 Å². The Kier molecular flexibility index (Phi) is 3.90. The summed E-state index contributed by atoms with van der Waals surface area (Å²) in [4.78, 5) is 5.98. The van der Waals surface area contributed by atoms with Crippen LogP contribution in [0.25, 0.3) is 0 Å². The molecule has 1 aliphatic heterocycles. The van der Waals surface area contributed by atoms with Crippen molar-refractivity contribution < 1.29 is 9.50 Å². The Morgan fingerprint density at radius 1 is 1.38 bits per heavy atom. The fourth-order valence-corrected chi connectivity index (χ4v) is 2.85. The molecule has 1 N–H and O–H groups in total. The molecule has 0 radical (unpaired) electrons. The summed E-state index contributed by atoms with van der Waals surface area (Å²) in [6, 6.07) is 1.40. The minimum atomic E-state index is -0.837. The highest BCUT2D eigenvalue weighted by Gasteiger charge is 2.34. The Labute approximate surface area is 129 Å². The number of anilines is 1. The summed E-state index contributed by atoms with van der Waals surface area (Å²) in [6.45, 7) is 1.50. The number of aromatic nitrogens is 4. The highest BCUT2D eigenvalue weighted by molar-refractivity contribution is 9.10. The third-order valence-corrected chi connectivity index (χ3v) is 4.14. The van der Waals surface area contributed by atoms with Crippen molar-refractivity contribution in [2.75, 3.05) is 18.0 Å². The van der Waals surface area contributed by atoms with Gasteiger partial charge in [0, 0.05) is 30.0 Å². The molecule has 0 aliphatic carbocycles. The first-order valence-corrected chi connectivity index (χ1v) is 7.48. The maximum Gasteiger partial charge on any atom is 0.166 e. The van der Waals surface area contributed by atoms with E-state index in [-0.39, 0.29) is 5.82 Å². The molecule has 0 aromatic carbocycles. The van der Waals surface area contributed by atoms with Crippen molar-refractivity contribution in [1.82, 2.24) is 20.0 Å². The van der Waals surface area contributed by atoms with Crippen LogP contribution in [0.2, 0.25) is 0 Å². The Bertz CT molecular complexity index is 613. The van der Waals surface area contributed by atoms with Crippen LogP contribution < -0.4 is 4.90 Å². The fourth-order valence-electron chi connectivity index (χ4n) is 2.55. The molecule has 0 bridgehead atoms. The van der Waals surface area contributed by atoms with E-state index in [0.29, 0.717) is 42.8 Å². The van der Waals surface area contributed by atoms with E-state index in [1.807, 2.05) is 4.90 Å². The van der Waals surface area contributed by atoms with E-state index in [0.717, 1.165) is 0 Å². The van der Waals surface area contributed by atoms with Gasteiger partial charge in [0.2, 0.25) is 0 Å². The largest absolute Gasteiger partial charge is 0.388 e. The van der Waals surface area contributed by atoms with Gasteiger partial charge in [-0.25, -0.2) is 14.1 Å². The summed E-state index contributed by atoms with van der Waals surface area (Å²) in [5.41, 5.74) is -0.837. The molecule has 6 nitrogen and oxygen atoms in total. The SMILES string of the molecule is OC1(Cn2ccnn2)CCN(c2ncc(Br)cc2F)CC1. The summed E-state index contributed by atoms with van der Waals surface area (Å²) in [5, 5.41) is 18.2. The van der Waals surface area contributed by atoms with Crippen molar-refractivity contribution >= 4 is 21.7 Å². The van der Waals surface area contributed by atoms with E-state index < -0.39 is 5.60 Å². The number of aliphatic hydroxyl groups is 1. The normalized spacial score (nSPS) is 18.0. The van der Waals surface area contributed by atoms with E-state index in [4.69, 9.17) is 0 Å². The predicted molar refractivity (Wildman–Crippen MR) is 78.3 cm³/mol. The predicted octanol–water partition coefficient (Wildman–Crippen LogP) is 1.61.